The molecule has 5 atom stereocenters. The van der Waals surface area contributed by atoms with Gasteiger partial charge in [-0.15, -0.1) is 6.58 Å². The number of rotatable bonds is 4. The summed E-state index contributed by atoms with van der Waals surface area (Å²) in [5.74, 6) is -0.652. The van der Waals surface area contributed by atoms with E-state index in [2.05, 4.69) is 29.0 Å². The fourth-order valence-electron chi connectivity index (χ4n) is 2.38. The van der Waals surface area contributed by atoms with Crippen molar-refractivity contribution in [3.05, 3.63) is 12.7 Å². The highest BCUT2D eigenvalue weighted by atomic mass is 32.1. The van der Waals surface area contributed by atoms with Crippen molar-refractivity contribution in [2.24, 2.45) is 4.99 Å². The second kappa shape index (κ2) is 5.17. The fourth-order valence-corrected chi connectivity index (χ4v) is 2.50. The average Bonchev–Trinajstić information content (AvgIpc) is 2.79. The maximum atomic E-state index is 5.85. The number of hydrogen-bond acceptors (Lipinski definition) is 6. The van der Waals surface area contributed by atoms with Crippen molar-refractivity contribution in [1.82, 2.24) is 0 Å². The maximum absolute atomic E-state index is 5.85. The number of hydrogen-bond donors (Lipinski definition) is 0. The van der Waals surface area contributed by atoms with Crippen LogP contribution in [0.2, 0.25) is 0 Å². The molecule has 0 spiro atoms. The highest BCUT2D eigenvalue weighted by Gasteiger charge is 2.57. The molecule has 2 rings (SSSR count). The van der Waals surface area contributed by atoms with Gasteiger partial charge in [0.15, 0.2) is 12.1 Å². The monoisotopic (exact) mass is 271 g/mol. The average molecular weight is 271 g/mol. The van der Waals surface area contributed by atoms with E-state index in [1.807, 2.05) is 13.8 Å². The van der Waals surface area contributed by atoms with Crippen LogP contribution in [-0.4, -0.2) is 48.7 Å². The first-order valence-corrected chi connectivity index (χ1v) is 6.16. The van der Waals surface area contributed by atoms with Crippen molar-refractivity contribution < 1.29 is 18.9 Å². The SMILES string of the molecule is C=C[C@@H](N=C=S)[C@H]1O[C@@H](OC)[C@@H]2OC(C)(C)O[C@@H]21. The van der Waals surface area contributed by atoms with Crippen molar-refractivity contribution in [3.8, 4) is 0 Å². The van der Waals surface area contributed by atoms with Crippen molar-refractivity contribution in [2.45, 2.75) is 50.3 Å². The minimum atomic E-state index is -0.652. The minimum absolute atomic E-state index is 0.250. The van der Waals surface area contributed by atoms with Crippen LogP contribution in [0.4, 0.5) is 0 Å². The molecule has 2 fully saturated rings. The molecule has 0 aliphatic carbocycles. The van der Waals surface area contributed by atoms with Gasteiger partial charge in [0, 0.05) is 7.11 Å². The van der Waals surface area contributed by atoms with Gasteiger partial charge in [-0.2, -0.15) is 0 Å². The number of nitrogens with zero attached hydrogens (tertiary/aromatic N) is 1. The quantitative estimate of drug-likeness (QED) is 0.441. The minimum Gasteiger partial charge on any atom is -0.353 e. The second-order valence-electron chi connectivity index (χ2n) is 4.72. The van der Waals surface area contributed by atoms with E-state index in [1.54, 1.807) is 13.2 Å². The molecule has 2 saturated heterocycles. The lowest BCUT2D eigenvalue weighted by molar-refractivity contribution is -0.227. The topological polar surface area (TPSA) is 49.3 Å². The Bertz CT molecular complexity index is 380. The Morgan fingerprint density at radius 1 is 1.44 bits per heavy atom. The summed E-state index contributed by atoms with van der Waals surface area (Å²) in [5, 5.41) is 2.35. The van der Waals surface area contributed by atoms with Crippen LogP contribution < -0.4 is 0 Å². The highest BCUT2D eigenvalue weighted by Crippen LogP contribution is 2.40. The van der Waals surface area contributed by atoms with Crippen LogP contribution >= 0.6 is 12.2 Å². The Labute approximate surface area is 112 Å². The summed E-state index contributed by atoms with van der Waals surface area (Å²) in [6, 6.07) is -0.312. The summed E-state index contributed by atoms with van der Waals surface area (Å²) in [5.41, 5.74) is 0. The van der Waals surface area contributed by atoms with Crippen LogP contribution in [0.3, 0.4) is 0 Å². The molecule has 0 unspecified atom stereocenters. The molecule has 2 aliphatic heterocycles. The smallest absolute Gasteiger partial charge is 0.186 e. The zero-order chi connectivity index (χ0) is 13.3. The Morgan fingerprint density at radius 3 is 2.67 bits per heavy atom. The molecule has 0 N–H and O–H groups in total. The first-order chi connectivity index (χ1) is 8.52. The predicted octanol–water partition coefficient (Wildman–Crippen LogP) is 1.54. The van der Waals surface area contributed by atoms with Gasteiger partial charge in [-0.05, 0) is 26.1 Å². The second-order valence-corrected chi connectivity index (χ2v) is 4.90. The van der Waals surface area contributed by atoms with E-state index < -0.39 is 12.1 Å². The molecule has 100 valence electrons. The van der Waals surface area contributed by atoms with Crippen molar-refractivity contribution in [3.63, 3.8) is 0 Å². The van der Waals surface area contributed by atoms with E-state index in [0.717, 1.165) is 0 Å². The van der Waals surface area contributed by atoms with Gasteiger partial charge in [0.25, 0.3) is 0 Å². The van der Waals surface area contributed by atoms with Gasteiger partial charge in [-0.1, -0.05) is 6.08 Å². The molecule has 0 aromatic heterocycles. The highest BCUT2D eigenvalue weighted by molar-refractivity contribution is 7.78. The molecule has 2 aliphatic rings. The number of fused-ring (bicyclic) bond motifs is 1. The summed E-state index contributed by atoms with van der Waals surface area (Å²) in [7, 11) is 1.57. The number of isothiocyanates is 1. The lowest BCUT2D eigenvalue weighted by Gasteiger charge is -2.25. The van der Waals surface area contributed by atoms with Gasteiger partial charge in [0.2, 0.25) is 0 Å². The van der Waals surface area contributed by atoms with Crippen LogP contribution in [0.25, 0.3) is 0 Å². The lowest BCUT2D eigenvalue weighted by Crippen LogP contribution is -2.36. The normalized spacial score (nSPS) is 38.8. The van der Waals surface area contributed by atoms with Gasteiger partial charge in [-0.25, -0.2) is 4.99 Å². The zero-order valence-electron chi connectivity index (χ0n) is 10.7. The van der Waals surface area contributed by atoms with Crippen LogP contribution in [0.1, 0.15) is 13.8 Å². The third-order valence-electron chi connectivity index (χ3n) is 3.06. The van der Waals surface area contributed by atoms with Gasteiger partial charge < -0.3 is 18.9 Å². The first kappa shape index (κ1) is 13.8. The lowest BCUT2D eigenvalue weighted by atomic mass is 10.0. The summed E-state index contributed by atoms with van der Waals surface area (Å²) < 4.78 is 22.7. The van der Waals surface area contributed by atoms with E-state index in [-0.39, 0.29) is 24.4 Å². The van der Waals surface area contributed by atoms with Crippen LogP contribution in [0, 0.1) is 0 Å². The molecule has 0 radical (unpaired) electrons. The zero-order valence-corrected chi connectivity index (χ0v) is 11.5. The number of ether oxygens (including phenoxy) is 4. The first-order valence-electron chi connectivity index (χ1n) is 5.76. The molecule has 18 heavy (non-hydrogen) atoms. The molecule has 6 heteroatoms. The molecule has 2 heterocycles. The summed E-state index contributed by atoms with van der Waals surface area (Å²) in [6.45, 7) is 7.45. The van der Waals surface area contributed by atoms with E-state index in [4.69, 9.17) is 18.9 Å². The standard InChI is InChI=1S/C12H17NO4S/c1-5-7(13-6-18)8-9-10(11(14-4)15-8)17-12(2,3)16-9/h5,7-11H,1H2,2-4H3/t7-,8-,9-,10-,11-/m1/s1. The van der Waals surface area contributed by atoms with E-state index >= 15 is 0 Å². The van der Waals surface area contributed by atoms with Gasteiger partial charge in [0.05, 0.1) is 5.16 Å². The van der Waals surface area contributed by atoms with E-state index in [1.165, 1.54) is 0 Å². The third kappa shape index (κ3) is 2.40. The molecule has 0 bridgehead atoms. The Kier molecular flexibility index (Phi) is 3.96. The van der Waals surface area contributed by atoms with Crippen LogP contribution in [0.5, 0.6) is 0 Å². The molecule has 0 aromatic carbocycles. The van der Waals surface area contributed by atoms with Crippen molar-refractivity contribution in [1.29, 1.82) is 0 Å². The molecule has 0 amide bonds. The van der Waals surface area contributed by atoms with Gasteiger partial charge in [0.1, 0.15) is 24.4 Å². The van der Waals surface area contributed by atoms with Gasteiger partial charge >= 0.3 is 0 Å². The fraction of sp³-hybridized carbons (Fsp3) is 0.750. The predicted molar refractivity (Wildman–Crippen MR) is 68.5 cm³/mol. The van der Waals surface area contributed by atoms with Crippen molar-refractivity contribution >= 4 is 17.4 Å². The van der Waals surface area contributed by atoms with Crippen LogP contribution in [0.15, 0.2) is 17.6 Å². The summed E-state index contributed by atoms with van der Waals surface area (Å²) >= 11 is 4.63. The third-order valence-corrected chi connectivity index (χ3v) is 3.16. The number of methoxy groups -OCH3 is 1. The maximum Gasteiger partial charge on any atom is 0.186 e. The Balaban J connectivity index is 2.22. The van der Waals surface area contributed by atoms with E-state index in [0.29, 0.717) is 0 Å². The molecular formula is C12H17NO4S. The Hall–Kier alpha value is -0.620. The molecule has 0 saturated carbocycles. The molecular weight excluding hydrogens is 254 g/mol. The van der Waals surface area contributed by atoms with Crippen LogP contribution in [-0.2, 0) is 18.9 Å². The largest absolute Gasteiger partial charge is 0.353 e. The Morgan fingerprint density at radius 2 is 2.11 bits per heavy atom. The molecule has 5 nitrogen and oxygen atoms in total. The summed E-state index contributed by atoms with van der Waals surface area (Å²) in [4.78, 5) is 4.03. The molecule has 0 aromatic rings. The number of aliphatic imine (C=N–C) groups is 1. The number of thiocarbonyl (C=S) groups is 1. The van der Waals surface area contributed by atoms with E-state index in [9.17, 15) is 0 Å². The van der Waals surface area contributed by atoms with Crippen molar-refractivity contribution in [2.75, 3.05) is 7.11 Å². The van der Waals surface area contributed by atoms with Gasteiger partial charge in [-0.3, -0.25) is 0 Å². The summed E-state index contributed by atoms with van der Waals surface area (Å²) in [6.07, 6.45) is 0.352.